The van der Waals surface area contributed by atoms with Crippen LogP contribution in [0.1, 0.15) is 42.3 Å². The highest BCUT2D eigenvalue weighted by Gasteiger charge is 2.28. The molecule has 4 rings (SSSR count). The fourth-order valence-corrected chi connectivity index (χ4v) is 3.89. The van der Waals surface area contributed by atoms with Crippen LogP contribution >= 0.6 is 0 Å². The van der Waals surface area contributed by atoms with Crippen LogP contribution in [0.3, 0.4) is 0 Å². The first-order valence-electron chi connectivity index (χ1n) is 9.89. The molecular weight excluding hydrogens is 374 g/mol. The molecule has 1 aliphatic rings. The number of carbonyl (C=O) groups excluding carboxylic acids is 1. The lowest BCUT2D eigenvalue weighted by Gasteiger charge is -2.40. The summed E-state index contributed by atoms with van der Waals surface area (Å²) in [5, 5.41) is 16.1. The second kappa shape index (κ2) is 7.34. The summed E-state index contributed by atoms with van der Waals surface area (Å²) < 4.78 is 0. The van der Waals surface area contributed by atoms with E-state index in [1.54, 1.807) is 18.3 Å². The number of phenols is 1. The number of rotatable bonds is 3. The van der Waals surface area contributed by atoms with Crippen LogP contribution in [0.15, 0.2) is 65.8 Å². The van der Waals surface area contributed by atoms with Crippen molar-refractivity contribution in [3.8, 4) is 5.75 Å². The topological polar surface area (TPSA) is 64.9 Å². The van der Waals surface area contributed by atoms with Gasteiger partial charge in [-0.15, -0.1) is 0 Å². The van der Waals surface area contributed by atoms with E-state index in [0.29, 0.717) is 0 Å². The number of nitrogens with zero attached hydrogens (tertiary/aromatic N) is 2. The zero-order valence-corrected chi connectivity index (χ0v) is 17.6. The van der Waals surface area contributed by atoms with Gasteiger partial charge in [0.15, 0.2) is 0 Å². The molecule has 0 unspecified atom stereocenters. The Bertz CT molecular complexity index is 1210. The van der Waals surface area contributed by atoms with Gasteiger partial charge in [0.1, 0.15) is 5.75 Å². The van der Waals surface area contributed by atoms with E-state index in [1.807, 2.05) is 30.3 Å². The third-order valence-corrected chi connectivity index (χ3v) is 5.73. The van der Waals surface area contributed by atoms with Gasteiger partial charge < -0.3 is 10.0 Å². The highest BCUT2D eigenvalue weighted by Crippen LogP contribution is 2.37. The summed E-state index contributed by atoms with van der Waals surface area (Å²) in [6, 6.07) is 16.9. The number of anilines is 1. The number of fused-ring (bicyclic) bond motifs is 2. The second-order valence-corrected chi connectivity index (χ2v) is 8.23. The van der Waals surface area contributed by atoms with Gasteiger partial charge in [-0.3, -0.25) is 4.79 Å². The van der Waals surface area contributed by atoms with Crippen LogP contribution in [0, 0.1) is 0 Å². The molecule has 2 N–H and O–H groups in total. The summed E-state index contributed by atoms with van der Waals surface area (Å²) in [5.41, 5.74) is 7.09. The maximum absolute atomic E-state index is 12.5. The Morgan fingerprint density at radius 1 is 1.10 bits per heavy atom. The summed E-state index contributed by atoms with van der Waals surface area (Å²) in [6.45, 7) is 6.48. The number of phenolic OH excluding ortho intramolecular Hbond substituents is 1. The molecule has 152 valence electrons. The van der Waals surface area contributed by atoms with Crippen molar-refractivity contribution in [3.63, 3.8) is 0 Å². The van der Waals surface area contributed by atoms with Gasteiger partial charge >= 0.3 is 0 Å². The largest absolute Gasteiger partial charge is 0.507 e. The lowest BCUT2D eigenvalue weighted by atomic mass is 9.89. The molecule has 0 fully saturated rings. The Morgan fingerprint density at radius 3 is 2.53 bits per heavy atom. The number of allylic oxidation sites excluding steroid dienone is 1. The highest BCUT2D eigenvalue weighted by atomic mass is 16.3. The molecule has 3 aromatic carbocycles. The van der Waals surface area contributed by atoms with Crippen LogP contribution in [0.25, 0.3) is 16.3 Å². The molecule has 1 amide bonds. The molecule has 0 aliphatic carbocycles. The van der Waals surface area contributed by atoms with E-state index in [0.717, 1.165) is 21.9 Å². The number of carbonyl (C=O) groups is 1. The van der Waals surface area contributed by atoms with E-state index in [2.05, 4.69) is 61.5 Å². The maximum atomic E-state index is 12.5. The van der Waals surface area contributed by atoms with Gasteiger partial charge in [-0.25, -0.2) is 5.43 Å². The summed E-state index contributed by atoms with van der Waals surface area (Å²) in [5.74, 6) is -0.522. The number of nitrogens with one attached hydrogen (secondary N) is 1. The Morgan fingerprint density at radius 2 is 1.80 bits per heavy atom. The lowest BCUT2D eigenvalue weighted by Crippen LogP contribution is -2.42. The normalized spacial score (nSPS) is 15.2. The minimum atomic E-state index is -0.454. The van der Waals surface area contributed by atoms with Crippen LogP contribution in [-0.2, 0) is 0 Å². The zero-order chi connectivity index (χ0) is 21.5. The molecule has 3 aromatic rings. The predicted molar refractivity (Wildman–Crippen MR) is 123 cm³/mol. The van der Waals surface area contributed by atoms with Gasteiger partial charge in [-0.05, 0) is 66.9 Å². The monoisotopic (exact) mass is 399 g/mol. The molecule has 5 heteroatoms. The van der Waals surface area contributed by atoms with Crippen molar-refractivity contribution in [1.82, 2.24) is 5.43 Å². The van der Waals surface area contributed by atoms with Gasteiger partial charge in [0.2, 0.25) is 0 Å². The third-order valence-electron chi connectivity index (χ3n) is 5.73. The molecule has 1 aliphatic heterocycles. The van der Waals surface area contributed by atoms with Crippen LogP contribution in [0.4, 0.5) is 5.69 Å². The molecule has 0 atom stereocenters. The van der Waals surface area contributed by atoms with E-state index in [-0.39, 0.29) is 16.9 Å². The summed E-state index contributed by atoms with van der Waals surface area (Å²) in [4.78, 5) is 14.7. The zero-order valence-electron chi connectivity index (χ0n) is 17.6. The van der Waals surface area contributed by atoms with Crippen molar-refractivity contribution in [1.29, 1.82) is 0 Å². The third kappa shape index (κ3) is 3.54. The SMILES string of the molecule is CC1=CC(C)(C)N(C)c2ccc(/C=N\NC(=O)c3cc4ccccc4cc3O)cc21. The smallest absolute Gasteiger partial charge is 0.275 e. The van der Waals surface area contributed by atoms with Crippen molar-refractivity contribution in [3.05, 3.63) is 77.4 Å². The first-order valence-corrected chi connectivity index (χ1v) is 9.89. The Balaban J connectivity index is 1.54. The second-order valence-electron chi connectivity index (χ2n) is 8.23. The number of amides is 1. The lowest BCUT2D eigenvalue weighted by molar-refractivity contribution is 0.0952. The number of hydrazone groups is 1. The fraction of sp³-hybridized carbons (Fsp3) is 0.200. The minimum Gasteiger partial charge on any atom is -0.507 e. The summed E-state index contributed by atoms with van der Waals surface area (Å²) in [7, 11) is 2.09. The van der Waals surface area contributed by atoms with E-state index >= 15 is 0 Å². The molecule has 0 saturated heterocycles. The standard InChI is InChI=1S/C25H25N3O2/c1-16-14-25(2,3)28(4)22-10-9-17(11-20(16)22)15-26-27-24(30)21-12-18-7-5-6-8-19(18)13-23(21)29/h5-15,29H,1-4H3,(H,27,30)/b26-15-. The average molecular weight is 399 g/mol. The number of benzene rings is 3. The molecule has 1 heterocycles. The van der Waals surface area contributed by atoms with Gasteiger partial charge in [0.05, 0.1) is 17.3 Å². The molecule has 0 saturated carbocycles. The Kier molecular flexibility index (Phi) is 4.82. The van der Waals surface area contributed by atoms with Crippen molar-refractivity contribution in [2.45, 2.75) is 26.3 Å². The highest BCUT2D eigenvalue weighted by molar-refractivity contribution is 6.01. The van der Waals surface area contributed by atoms with Crippen molar-refractivity contribution in [2.24, 2.45) is 5.10 Å². The molecular formula is C25H25N3O2. The molecule has 30 heavy (non-hydrogen) atoms. The molecule has 5 nitrogen and oxygen atoms in total. The van der Waals surface area contributed by atoms with Crippen LogP contribution in [0.5, 0.6) is 5.75 Å². The van der Waals surface area contributed by atoms with Crippen molar-refractivity contribution >= 4 is 34.2 Å². The van der Waals surface area contributed by atoms with E-state index in [1.165, 1.54) is 11.3 Å². The molecule has 0 bridgehead atoms. The summed E-state index contributed by atoms with van der Waals surface area (Å²) in [6.07, 6.45) is 3.86. The Labute approximate surface area is 176 Å². The number of hydrogen-bond acceptors (Lipinski definition) is 4. The first-order chi connectivity index (χ1) is 14.3. The summed E-state index contributed by atoms with van der Waals surface area (Å²) >= 11 is 0. The first kappa shape index (κ1) is 19.7. The minimum absolute atomic E-state index is 0.0392. The van der Waals surface area contributed by atoms with Gasteiger partial charge in [-0.2, -0.15) is 5.10 Å². The van der Waals surface area contributed by atoms with E-state index < -0.39 is 5.91 Å². The average Bonchev–Trinajstić information content (AvgIpc) is 2.71. The maximum Gasteiger partial charge on any atom is 0.275 e. The van der Waals surface area contributed by atoms with Gasteiger partial charge in [0, 0.05) is 18.3 Å². The molecule has 0 spiro atoms. The van der Waals surface area contributed by atoms with Gasteiger partial charge in [-0.1, -0.05) is 36.4 Å². The van der Waals surface area contributed by atoms with Crippen LogP contribution in [0.2, 0.25) is 0 Å². The fourth-order valence-electron chi connectivity index (χ4n) is 3.89. The van der Waals surface area contributed by atoms with Crippen LogP contribution in [-0.4, -0.2) is 29.8 Å². The predicted octanol–water partition coefficient (Wildman–Crippen LogP) is 4.94. The van der Waals surface area contributed by atoms with Crippen LogP contribution < -0.4 is 10.3 Å². The number of aromatic hydroxyl groups is 1. The quantitative estimate of drug-likeness (QED) is 0.484. The number of likely N-dealkylation sites (N-methyl/N-ethyl adjacent to an activating group) is 1. The molecule has 0 aromatic heterocycles. The van der Waals surface area contributed by atoms with E-state index in [9.17, 15) is 9.90 Å². The van der Waals surface area contributed by atoms with Crippen molar-refractivity contribution < 1.29 is 9.90 Å². The Hall–Kier alpha value is -3.60. The van der Waals surface area contributed by atoms with Gasteiger partial charge in [0.25, 0.3) is 5.91 Å². The van der Waals surface area contributed by atoms with E-state index in [4.69, 9.17) is 0 Å². The molecule has 0 radical (unpaired) electrons. The number of hydrogen-bond donors (Lipinski definition) is 2. The van der Waals surface area contributed by atoms with Crippen molar-refractivity contribution in [2.75, 3.05) is 11.9 Å².